The average Bonchev–Trinajstić information content (AvgIpc) is 3.37. The zero-order valence-corrected chi connectivity index (χ0v) is 15.5. The van der Waals surface area contributed by atoms with Gasteiger partial charge in [0.2, 0.25) is 11.8 Å². The van der Waals surface area contributed by atoms with Crippen molar-refractivity contribution >= 4 is 17.5 Å². The van der Waals surface area contributed by atoms with E-state index in [-0.39, 0.29) is 30.7 Å². The third-order valence-corrected chi connectivity index (χ3v) is 5.77. The van der Waals surface area contributed by atoms with E-state index in [2.05, 4.69) is 21.3 Å². The summed E-state index contributed by atoms with van der Waals surface area (Å²) in [4.78, 5) is 24.8. The summed E-state index contributed by atoms with van der Waals surface area (Å²) in [5.41, 5.74) is 8.46. The van der Waals surface area contributed by atoms with Crippen LogP contribution in [0.25, 0.3) is 0 Å². The fourth-order valence-electron chi connectivity index (χ4n) is 4.30. The van der Waals surface area contributed by atoms with Gasteiger partial charge in [0.05, 0.1) is 12.3 Å². The molecule has 0 bridgehead atoms. The highest BCUT2D eigenvalue weighted by Crippen LogP contribution is 2.26. The summed E-state index contributed by atoms with van der Waals surface area (Å²) in [5, 5.41) is 9.08. The number of benzene rings is 1. The molecule has 1 aliphatic carbocycles. The van der Waals surface area contributed by atoms with Gasteiger partial charge < -0.3 is 5.32 Å². The van der Waals surface area contributed by atoms with Crippen molar-refractivity contribution in [2.24, 2.45) is 11.0 Å². The Hall–Kier alpha value is -2.25. The lowest BCUT2D eigenvalue weighted by Crippen LogP contribution is -2.53. The first-order valence-electron chi connectivity index (χ1n) is 9.92. The molecule has 1 saturated carbocycles. The van der Waals surface area contributed by atoms with Crippen LogP contribution in [0, 0.1) is 5.92 Å². The van der Waals surface area contributed by atoms with Gasteiger partial charge in [-0.3, -0.25) is 20.4 Å². The second-order valence-electron chi connectivity index (χ2n) is 7.60. The number of carbonyl (C=O) groups excluding carboxylic acids is 2. The minimum Gasteiger partial charge on any atom is -0.352 e. The molecule has 2 aliphatic heterocycles. The Labute approximate surface area is 159 Å². The number of hydrogen-bond donors (Lipinski definition) is 3. The lowest BCUT2D eigenvalue weighted by Gasteiger charge is -2.33. The van der Waals surface area contributed by atoms with Gasteiger partial charge in [-0.15, -0.1) is 0 Å². The molecule has 7 heteroatoms. The third kappa shape index (κ3) is 4.20. The second kappa shape index (κ2) is 8.19. The van der Waals surface area contributed by atoms with Gasteiger partial charge in [-0.05, 0) is 24.3 Å². The van der Waals surface area contributed by atoms with E-state index < -0.39 is 0 Å². The molecule has 144 valence electrons. The molecule has 3 N–H and O–H groups in total. The largest absolute Gasteiger partial charge is 0.352 e. The van der Waals surface area contributed by atoms with Crippen molar-refractivity contribution < 1.29 is 9.59 Å². The van der Waals surface area contributed by atoms with Gasteiger partial charge in [-0.1, -0.05) is 36.8 Å². The molecule has 3 unspecified atom stereocenters. The zero-order chi connectivity index (χ0) is 18.6. The number of rotatable bonds is 5. The predicted molar refractivity (Wildman–Crippen MR) is 103 cm³/mol. The quantitative estimate of drug-likeness (QED) is 0.727. The van der Waals surface area contributed by atoms with Crippen molar-refractivity contribution in [3.05, 3.63) is 35.9 Å². The highest BCUT2D eigenvalue weighted by atomic mass is 16.2. The molecule has 2 heterocycles. The van der Waals surface area contributed by atoms with Crippen LogP contribution in [0.4, 0.5) is 0 Å². The SMILES string of the molecule is O=C(CCC(=O)N1CCC(c2ccccc2)=N1)NC1CCCC2CNNC21. The first kappa shape index (κ1) is 18.1. The van der Waals surface area contributed by atoms with Crippen LogP contribution in [0.3, 0.4) is 0 Å². The van der Waals surface area contributed by atoms with E-state index in [4.69, 9.17) is 0 Å². The number of hydrazone groups is 1. The van der Waals surface area contributed by atoms with Gasteiger partial charge in [0.1, 0.15) is 0 Å². The smallest absolute Gasteiger partial charge is 0.243 e. The molecule has 0 radical (unpaired) electrons. The minimum atomic E-state index is -0.0849. The highest BCUT2D eigenvalue weighted by Gasteiger charge is 2.37. The normalized spacial score (nSPS) is 27.2. The van der Waals surface area contributed by atoms with Crippen LogP contribution >= 0.6 is 0 Å². The lowest BCUT2D eigenvalue weighted by molar-refractivity contribution is -0.133. The summed E-state index contributed by atoms with van der Waals surface area (Å²) in [5.74, 6) is 0.452. The fraction of sp³-hybridized carbons (Fsp3) is 0.550. The summed E-state index contributed by atoms with van der Waals surface area (Å²) in [7, 11) is 0. The number of nitrogens with one attached hydrogen (secondary N) is 3. The molecule has 27 heavy (non-hydrogen) atoms. The Morgan fingerprint density at radius 3 is 2.89 bits per heavy atom. The Balaban J connectivity index is 1.26. The monoisotopic (exact) mass is 369 g/mol. The van der Waals surface area contributed by atoms with Crippen LogP contribution in [-0.2, 0) is 9.59 Å². The molecule has 2 fully saturated rings. The molecule has 1 aromatic rings. The molecule has 1 aromatic carbocycles. The Morgan fingerprint density at radius 1 is 1.19 bits per heavy atom. The van der Waals surface area contributed by atoms with Crippen LogP contribution in [0.1, 0.15) is 44.1 Å². The third-order valence-electron chi connectivity index (χ3n) is 5.77. The maximum Gasteiger partial charge on any atom is 0.243 e. The maximum atomic E-state index is 12.4. The van der Waals surface area contributed by atoms with Gasteiger partial charge >= 0.3 is 0 Å². The number of amides is 2. The molecule has 0 aromatic heterocycles. The van der Waals surface area contributed by atoms with Crippen molar-refractivity contribution in [1.82, 2.24) is 21.2 Å². The van der Waals surface area contributed by atoms with E-state index in [1.807, 2.05) is 30.3 Å². The standard InChI is InChI=1S/C20H27N5O2/c26-18(22-17-8-4-7-15-13-21-23-20(15)17)9-10-19(27)25-12-11-16(24-25)14-5-2-1-3-6-14/h1-3,5-6,15,17,20-21,23H,4,7-13H2,(H,22,26). The van der Waals surface area contributed by atoms with Crippen molar-refractivity contribution in [1.29, 1.82) is 0 Å². The number of hydrogen-bond acceptors (Lipinski definition) is 5. The van der Waals surface area contributed by atoms with E-state index in [1.165, 1.54) is 11.4 Å². The van der Waals surface area contributed by atoms with E-state index in [0.29, 0.717) is 18.5 Å². The minimum absolute atomic E-state index is 0.0471. The van der Waals surface area contributed by atoms with Crippen molar-refractivity contribution in [3.63, 3.8) is 0 Å². The Bertz CT molecular complexity index is 720. The van der Waals surface area contributed by atoms with Crippen LogP contribution < -0.4 is 16.2 Å². The van der Waals surface area contributed by atoms with Crippen molar-refractivity contribution in [2.45, 2.75) is 50.6 Å². The molecule has 3 aliphatic rings. The van der Waals surface area contributed by atoms with Crippen LogP contribution in [0.15, 0.2) is 35.4 Å². The molecule has 4 rings (SSSR count). The van der Waals surface area contributed by atoms with Crippen LogP contribution in [0.2, 0.25) is 0 Å². The van der Waals surface area contributed by atoms with Gasteiger partial charge in [0.15, 0.2) is 0 Å². The second-order valence-corrected chi connectivity index (χ2v) is 7.60. The summed E-state index contributed by atoms with van der Waals surface area (Å²) in [6.45, 7) is 1.55. The number of carbonyl (C=O) groups is 2. The molecule has 3 atom stereocenters. The van der Waals surface area contributed by atoms with E-state index in [1.54, 1.807) is 0 Å². The van der Waals surface area contributed by atoms with Gasteiger partial charge in [0, 0.05) is 37.9 Å². The van der Waals surface area contributed by atoms with Gasteiger partial charge in [-0.25, -0.2) is 5.01 Å². The van der Waals surface area contributed by atoms with Gasteiger partial charge in [0.25, 0.3) is 0 Å². The Morgan fingerprint density at radius 2 is 2.04 bits per heavy atom. The van der Waals surface area contributed by atoms with E-state index in [9.17, 15) is 9.59 Å². The summed E-state index contributed by atoms with van der Waals surface area (Å²) < 4.78 is 0. The summed E-state index contributed by atoms with van der Waals surface area (Å²) in [6, 6.07) is 10.4. The predicted octanol–water partition coefficient (Wildman–Crippen LogP) is 1.16. The molecular weight excluding hydrogens is 342 g/mol. The topological polar surface area (TPSA) is 85.8 Å². The molecule has 7 nitrogen and oxygen atoms in total. The fourth-order valence-corrected chi connectivity index (χ4v) is 4.30. The van der Waals surface area contributed by atoms with E-state index >= 15 is 0 Å². The molecule has 2 amide bonds. The zero-order valence-electron chi connectivity index (χ0n) is 15.5. The van der Waals surface area contributed by atoms with Crippen LogP contribution in [0.5, 0.6) is 0 Å². The summed E-state index contributed by atoms with van der Waals surface area (Å²) >= 11 is 0. The lowest BCUT2D eigenvalue weighted by atomic mass is 9.82. The average molecular weight is 369 g/mol. The number of hydrazine groups is 1. The van der Waals surface area contributed by atoms with Crippen LogP contribution in [-0.4, -0.2) is 47.7 Å². The number of fused-ring (bicyclic) bond motifs is 1. The first-order valence-corrected chi connectivity index (χ1v) is 9.92. The first-order chi connectivity index (χ1) is 13.2. The van der Waals surface area contributed by atoms with E-state index in [0.717, 1.165) is 37.1 Å². The highest BCUT2D eigenvalue weighted by molar-refractivity contribution is 6.02. The Kier molecular flexibility index (Phi) is 5.50. The van der Waals surface area contributed by atoms with Crippen molar-refractivity contribution in [3.8, 4) is 0 Å². The number of nitrogens with zero attached hydrogens (tertiary/aromatic N) is 2. The maximum absolute atomic E-state index is 12.4. The summed E-state index contributed by atoms with van der Waals surface area (Å²) in [6.07, 6.45) is 4.50. The van der Waals surface area contributed by atoms with Gasteiger partial charge in [-0.2, -0.15) is 5.10 Å². The molecular formula is C20H27N5O2. The molecule has 0 spiro atoms. The molecule has 1 saturated heterocycles. The van der Waals surface area contributed by atoms with Crippen molar-refractivity contribution in [2.75, 3.05) is 13.1 Å².